The molecule has 8 unspecified atom stereocenters. The van der Waals surface area contributed by atoms with Crippen molar-refractivity contribution < 1.29 is 49.3 Å². The zero-order valence-electron chi connectivity index (χ0n) is 51.6. The molecule has 0 spiro atoms. The highest BCUT2D eigenvalue weighted by Gasteiger charge is 2.47. The molecule has 1 rings (SSSR count). The van der Waals surface area contributed by atoms with Gasteiger partial charge in [-0.1, -0.05) is 266 Å². The topological polar surface area (TPSA) is 175 Å². The third kappa shape index (κ3) is 44.7. The Hall–Kier alpha value is -3.42. The number of unbranched alkanes of at least 4 members (excludes halogenated alkanes) is 27. The summed E-state index contributed by atoms with van der Waals surface area (Å²) in [6.07, 6.45) is 65.9. The summed E-state index contributed by atoms with van der Waals surface area (Å²) < 4.78 is 17.6. The maximum Gasteiger partial charge on any atom is 0.306 e. The van der Waals surface area contributed by atoms with Gasteiger partial charge in [0.05, 0.1) is 25.4 Å². The molecule has 81 heavy (non-hydrogen) atoms. The van der Waals surface area contributed by atoms with Gasteiger partial charge in [-0.15, -0.1) is 0 Å². The van der Waals surface area contributed by atoms with Crippen molar-refractivity contribution in [3.05, 3.63) is 97.2 Å². The van der Waals surface area contributed by atoms with E-state index in [1.165, 1.54) is 141 Å². The Kier molecular flexibility index (Phi) is 53.2. The molecule has 1 aliphatic rings. The molecule has 6 N–H and O–H groups in total. The largest absolute Gasteiger partial charge is 0.454 e. The number of carbonyl (C=O) groups excluding carboxylic acids is 2. The van der Waals surface area contributed by atoms with Crippen LogP contribution in [0.3, 0.4) is 0 Å². The monoisotopic (exact) mass is 1140 g/mol. The minimum Gasteiger partial charge on any atom is -0.454 e. The third-order valence-electron chi connectivity index (χ3n) is 15.0. The average Bonchev–Trinajstić information content (AvgIpc) is 3.46. The van der Waals surface area contributed by atoms with Gasteiger partial charge in [-0.05, 0) is 96.3 Å². The van der Waals surface area contributed by atoms with Crippen LogP contribution in [0.25, 0.3) is 0 Å². The SMILES string of the molecule is CC/C=C\C/C=C\C/C=C\C/C=C\C/C=C\CCCC(=O)OC1C(OCC(NC(=O)C(O)CCCCCCCCCCCCCC/C=C\C/C=C\CCCCC)C(O)/C=C/CCCCCCCCCCCCC)OC(CO)C(O)C1O. The van der Waals surface area contributed by atoms with Crippen LogP contribution in [0.4, 0.5) is 0 Å². The number of allylic oxidation sites excluding steroid dienone is 15. The van der Waals surface area contributed by atoms with Crippen LogP contribution in [0, 0.1) is 0 Å². The van der Waals surface area contributed by atoms with E-state index in [9.17, 15) is 35.1 Å². The number of amides is 1. The summed E-state index contributed by atoms with van der Waals surface area (Å²) in [5.74, 6) is -1.26. The predicted octanol–water partition coefficient (Wildman–Crippen LogP) is 16.3. The summed E-state index contributed by atoms with van der Waals surface area (Å²) >= 11 is 0. The summed E-state index contributed by atoms with van der Waals surface area (Å²) in [7, 11) is 0. The molecule has 11 nitrogen and oxygen atoms in total. The predicted molar refractivity (Wildman–Crippen MR) is 338 cm³/mol. The summed E-state index contributed by atoms with van der Waals surface area (Å²) in [6, 6.07) is -1.04. The van der Waals surface area contributed by atoms with Gasteiger partial charge in [0.1, 0.15) is 24.4 Å². The molecule has 1 saturated heterocycles. The first-order chi connectivity index (χ1) is 39.7. The van der Waals surface area contributed by atoms with Gasteiger partial charge in [0.15, 0.2) is 12.4 Å². The number of nitrogens with one attached hydrogen (secondary N) is 1. The van der Waals surface area contributed by atoms with E-state index < -0.39 is 67.4 Å². The lowest BCUT2D eigenvalue weighted by Crippen LogP contribution is -2.61. The van der Waals surface area contributed by atoms with Crippen molar-refractivity contribution in [3.8, 4) is 0 Å². The van der Waals surface area contributed by atoms with Crippen molar-refractivity contribution >= 4 is 11.9 Å². The fourth-order valence-electron chi connectivity index (χ4n) is 9.78. The molecule has 466 valence electrons. The molecule has 8 atom stereocenters. The normalized spacial score (nSPS) is 19.3. The van der Waals surface area contributed by atoms with Crippen molar-refractivity contribution in [2.45, 2.75) is 320 Å². The number of esters is 1. The Morgan fingerprint density at radius 2 is 0.889 bits per heavy atom. The van der Waals surface area contributed by atoms with E-state index in [2.05, 4.69) is 99.0 Å². The smallest absolute Gasteiger partial charge is 0.306 e. The number of aliphatic hydroxyl groups is 5. The number of hydrogen-bond acceptors (Lipinski definition) is 10. The standard InChI is InChI=1S/C70H121NO10/c1-4-7-10-13-16-19-22-25-27-29-30-31-32-33-35-36-39-42-45-48-51-54-57-63(74)69(78)71-61(62(73)56-53-50-47-44-41-38-24-21-18-15-12-9-6-3)60-79-70-68(67(77)66(76)64(59-72)80-70)81-65(75)58-55-52-49-46-43-40-37-34-28-26-23-20-17-14-11-8-5-2/h8,11,16-17,19-20,25-28,37,40,46,49,53,56,61-64,66-68,70,72-74,76-77H,4-7,9-10,12-15,18,21-24,29-36,38-39,41-45,47-48,50-52,54-55,57-60H2,1-3H3,(H,71,78)/b11-8-,19-16-,20-17-,27-25-,28-26-,40-37-,49-46-,56-53+. The molecule has 11 heteroatoms. The van der Waals surface area contributed by atoms with E-state index >= 15 is 0 Å². The number of carbonyl (C=O) groups is 2. The van der Waals surface area contributed by atoms with E-state index in [1.807, 2.05) is 18.2 Å². The van der Waals surface area contributed by atoms with Gasteiger partial charge in [-0.2, -0.15) is 0 Å². The van der Waals surface area contributed by atoms with Crippen molar-refractivity contribution in [1.82, 2.24) is 5.32 Å². The highest BCUT2D eigenvalue weighted by Crippen LogP contribution is 2.26. The van der Waals surface area contributed by atoms with E-state index in [1.54, 1.807) is 6.08 Å². The maximum atomic E-state index is 13.5. The molecular formula is C70H121NO10. The zero-order valence-corrected chi connectivity index (χ0v) is 51.6. The number of ether oxygens (including phenoxy) is 3. The molecule has 0 aliphatic carbocycles. The fraction of sp³-hybridized carbons (Fsp3) is 0.743. The van der Waals surface area contributed by atoms with Crippen LogP contribution in [0.15, 0.2) is 97.2 Å². The minimum absolute atomic E-state index is 0.0416. The van der Waals surface area contributed by atoms with Crippen LogP contribution in [0.1, 0.15) is 271 Å². The number of rotatable bonds is 55. The van der Waals surface area contributed by atoms with Gasteiger partial charge in [-0.3, -0.25) is 9.59 Å². The first-order valence-corrected chi connectivity index (χ1v) is 33.0. The van der Waals surface area contributed by atoms with Crippen molar-refractivity contribution in [2.75, 3.05) is 13.2 Å². The summed E-state index contributed by atoms with van der Waals surface area (Å²) in [5.41, 5.74) is 0. The lowest BCUT2D eigenvalue weighted by molar-refractivity contribution is -0.305. The molecule has 1 heterocycles. The molecule has 1 amide bonds. The van der Waals surface area contributed by atoms with Crippen LogP contribution < -0.4 is 5.32 Å². The molecule has 1 aliphatic heterocycles. The number of aliphatic hydroxyl groups excluding tert-OH is 5. The second-order valence-corrected chi connectivity index (χ2v) is 22.5. The first-order valence-electron chi connectivity index (χ1n) is 33.0. The number of hydrogen-bond donors (Lipinski definition) is 6. The van der Waals surface area contributed by atoms with E-state index in [4.69, 9.17) is 14.2 Å². The Balaban J connectivity index is 2.67. The van der Waals surface area contributed by atoms with Crippen LogP contribution in [0.2, 0.25) is 0 Å². The average molecular weight is 1140 g/mol. The lowest BCUT2D eigenvalue weighted by Gasteiger charge is -2.41. The summed E-state index contributed by atoms with van der Waals surface area (Å²) in [4.78, 5) is 26.6. The molecule has 0 aromatic rings. The third-order valence-corrected chi connectivity index (χ3v) is 15.0. The van der Waals surface area contributed by atoms with E-state index in [-0.39, 0.29) is 19.4 Å². The maximum absolute atomic E-state index is 13.5. The van der Waals surface area contributed by atoms with Gasteiger partial charge in [0.25, 0.3) is 0 Å². The fourth-order valence-corrected chi connectivity index (χ4v) is 9.78. The van der Waals surface area contributed by atoms with Gasteiger partial charge in [-0.25, -0.2) is 0 Å². The molecule has 1 fully saturated rings. The van der Waals surface area contributed by atoms with E-state index in [0.717, 1.165) is 77.0 Å². The quantitative estimate of drug-likeness (QED) is 0.0195. The highest BCUT2D eigenvalue weighted by molar-refractivity contribution is 5.80. The summed E-state index contributed by atoms with van der Waals surface area (Å²) in [5, 5.41) is 57.1. The highest BCUT2D eigenvalue weighted by atomic mass is 16.7. The van der Waals surface area contributed by atoms with Crippen molar-refractivity contribution in [3.63, 3.8) is 0 Å². The molecule has 0 radical (unpaired) electrons. The molecule has 0 saturated carbocycles. The molecule has 0 aromatic heterocycles. The van der Waals surface area contributed by atoms with Gasteiger partial charge in [0.2, 0.25) is 5.91 Å². The Morgan fingerprint density at radius 3 is 1.36 bits per heavy atom. The summed E-state index contributed by atoms with van der Waals surface area (Å²) in [6.45, 7) is 5.63. The molecule has 0 bridgehead atoms. The zero-order chi connectivity index (χ0) is 58.9. The second kappa shape index (κ2) is 57.0. The van der Waals surface area contributed by atoms with Crippen LogP contribution in [-0.2, 0) is 23.8 Å². The lowest BCUT2D eigenvalue weighted by atomic mass is 9.99. The Morgan fingerprint density at radius 1 is 0.494 bits per heavy atom. The first kappa shape index (κ1) is 75.6. The van der Waals surface area contributed by atoms with Gasteiger partial charge < -0.3 is 45.1 Å². The van der Waals surface area contributed by atoms with Crippen LogP contribution in [0.5, 0.6) is 0 Å². The Bertz CT molecular complexity index is 1690. The Labute approximate surface area is 495 Å². The molecule has 0 aromatic carbocycles. The second-order valence-electron chi connectivity index (χ2n) is 22.5. The minimum atomic E-state index is -1.64. The van der Waals surface area contributed by atoms with Crippen molar-refractivity contribution in [2.24, 2.45) is 0 Å². The van der Waals surface area contributed by atoms with Crippen LogP contribution in [-0.4, -0.2) is 99.6 Å². The van der Waals surface area contributed by atoms with Crippen LogP contribution >= 0.6 is 0 Å². The van der Waals surface area contributed by atoms with Gasteiger partial charge >= 0.3 is 5.97 Å². The molecular weight excluding hydrogens is 1010 g/mol. The van der Waals surface area contributed by atoms with Crippen molar-refractivity contribution in [1.29, 1.82) is 0 Å². The van der Waals surface area contributed by atoms with Gasteiger partial charge in [0, 0.05) is 6.42 Å². The van der Waals surface area contributed by atoms with E-state index in [0.29, 0.717) is 19.3 Å².